The van der Waals surface area contributed by atoms with Crippen LogP contribution < -0.4 is 0 Å². The summed E-state index contributed by atoms with van der Waals surface area (Å²) in [5.41, 5.74) is -5.29. The Labute approximate surface area is 155 Å². The topological polar surface area (TPSA) is 26.3 Å². The second-order valence-corrected chi connectivity index (χ2v) is 8.30. The molecule has 26 heavy (non-hydrogen) atoms. The van der Waals surface area contributed by atoms with Crippen molar-refractivity contribution in [2.75, 3.05) is 0 Å². The van der Waals surface area contributed by atoms with Gasteiger partial charge in [0.05, 0.1) is 0 Å². The first kappa shape index (κ1) is 20.4. The SMILES string of the molecule is C=CCC(SC(F)(F)F)(C(=O)OC(C)(C)C)c1ccc2ccccc2c1. The van der Waals surface area contributed by atoms with Crippen LogP contribution in [0.2, 0.25) is 0 Å². The van der Waals surface area contributed by atoms with Gasteiger partial charge in [-0.25, -0.2) is 0 Å². The predicted molar refractivity (Wildman–Crippen MR) is 99.9 cm³/mol. The lowest BCUT2D eigenvalue weighted by Gasteiger charge is -2.34. The summed E-state index contributed by atoms with van der Waals surface area (Å²) in [7, 11) is 0. The molecule has 0 radical (unpaired) electrons. The highest BCUT2D eigenvalue weighted by Gasteiger charge is 2.51. The molecule has 0 bridgehead atoms. The average molecular weight is 382 g/mol. The van der Waals surface area contributed by atoms with Crippen molar-refractivity contribution < 1.29 is 22.7 Å². The van der Waals surface area contributed by atoms with Crippen LogP contribution in [0.1, 0.15) is 32.8 Å². The van der Waals surface area contributed by atoms with Gasteiger partial charge in [0.25, 0.3) is 0 Å². The summed E-state index contributed by atoms with van der Waals surface area (Å²) in [6, 6.07) is 12.2. The summed E-state index contributed by atoms with van der Waals surface area (Å²) < 4.78 is 43.6. The van der Waals surface area contributed by atoms with Crippen LogP contribution >= 0.6 is 11.8 Å². The van der Waals surface area contributed by atoms with Gasteiger partial charge in [-0.1, -0.05) is 42.5 Å². The molecule has 2 aromatic rings. The molecule has 140 valence electrons. The number of allylic oxidation sites excluding steroid dienone is 1. The van der Waals surface area contributed by atoms with Gasteiger partial charge in [-0.15, -0.1) is 6.58 Å². The number of carbonyl (C=O) groups excluding carboxylic acids is 1. The monoisotopic (exact) mass is 382 g/mol. The highest BCUT2D eigenvalue weighted by molar-refractivity contribution is 8.01. The molecule has 0 aliphatic heterocycles. The van der Waals surface area contributed by atoms with Gasteiger partial charge < -0.3 is 4.74 Å². The normalized spacial score (nSPS) is 14.7. The number of esters is 1. The van der Waals surface area contributed by atoms with Crippen LogP contribution in [0.3, 0.4) is 0 Å². The summed E-state index contributed by atoms with van der Waals surface area (Å²) in [6.07, 6.45) is 1.11. The Morgan fingerprint density at radius 1 is 1.12 bits per heavy atom. The van der Waals surface area contributed by atoms with Crippen molar-refractivity contribution in [1.82, 2.24) is 0 Å². The first-order chi connectivity index (χ1) is 12.0. The fourth-order valence-corrected chi connectivity index (χ4v) is 3.63. The first-order valence-electron chi connectivity index (χ1n) is 8.07. The van der Waals surface area contributed by atoms with Crippen molar-refractivity contribution in [2.45, 2.75) is 43.0 Å². The third-order valence-corrected chi connectivity index (χ3v) is 4.82. The zero-order chi connectivity index (χ0) is 19.6. The molecule has 0 heterocycles. The summed E-state index contributed by atoms with van der Waals surface area (Å²) >= 11 is -0.361. The lowest BCUT2D eigenvalue weighted by atomic mass is 9.92. The molecule has 0 spiro atoms. The molecule has 2 aromatic carbocycles. The number of thioether (sulfide) groups is 1. The highest BCUT2D eigenvalue weighted by Crippen LogP contribution is 2.50. The third-order valence-electron chi connectivity index (χ3n) is 3.67. The van der Waals surface area contributed by atoms with Gasteiger partial charge in [-0.05, 0) is 61.4 Å². The molecule has 2 nitrogen and oxygen atoms in total. The van der Waals surface area contributed by atoms with Gasteiger partial charge in [0.15, 0.2) is 0 Å². The van der Waals surface area contributed by atoms with E-state index in [1.807, 2.05) is 12.1 Å². The highest BCUT2D eigenvalue weighted by atomic mass is 32.2. The minimum atomic E-state index is -4.62. The molecule has 1 unspecified atom stereocenters. The van der Waals surface area contributed by atoms with Crippen molar-refractivity contribution in [1.29, 1.82) is 0 Å². The molecular weight excluding hydrogens is 361 g/mol. The van der Waals surface area contributed by atoms with E-state index in [2.05, 4.69) is 6.58 Å². The number of hydrogen-bond acceptors (Lipinski definition) is 3. The molecule has 0 saturated heterocycles. The minimum absolute atomic E-state index is 0.204. The number of carbonyl (C=O) groups is 1. The molecule has 0 aromatic heterocycles. The van der Waals surface area contributed by atoms with Gasteiger partial charge in [-0.2, -0.15) is 13.2 Å². The van der Waals surface area contributed by atoms with Gasteiger partial charge in [0.2, 0.25) is 0 Å². The Balaban J connectivity index is 2.65. The number of fused-ring (bicyclic) bond motifs is 1. The molecule has 1 atom stereocenters. The smallest absolute Gasteiger partial charge is 0.443 e. The van der Waals surface area contributed by atoms with Crippen LogP contribution in [0, 0.1) is 0 Å². The zero-order valence-electron chi connectivity index (χ0n) is 14.9. The minimum Gasteiger partial charge on any atom is -0.459 e. The van der Waals surface area contributed by atoms with E-state index in [9.17, 15) is 18.0 Å². The fourth-order valence-electron chi connectivity index (χ4n) is 2.66. The molecule has 0 fully saturated rings. The van der Waals surface area contributed by atoms with Crippen molar-refractivity contribution >= 4 is 28.5 Å². The second-order valence-electron chi connectivity index (χ2n) is 6.93. The largest absolute Gasteiger partial charge is 0.459 e. The number of hydrogen-bond donors (Lipinski definition) is 0. The zero-order valence-corrected chi connectivity index (χ0v) is 15.7. The molecule has 0 N–H and O–H groups in total. The Kier molecular flexibility index (Phi) is 5.76. The van der Waals surface area contributed by atoms with E-state index in [0.29, 0.717) is 0 Å². The van der Waals surface area contributed by atoms with Crippen molar-refractivity contribution in [3.63, 3.8) is 0 Å². The predicted octanol–water partition coefficient (Wildman–Crippen LogP) is 6.21. The molecule has 0 aliphatic carbocycles. The van der Waals surface area contributed by atoms with Crippen LogP contribution in [0.5, 0.6) is 0 Å². The molecule has 2 rings (SSSR count). The number of halogens is 3. The lowest BCUT2D eigenvalue weighted by molar-refractivity contribution is -0.158. The summed E-state index contributed by atoms with van der Waals surface area (Å²) in [4.78, 5) is 12.9. The molecule has 0 amide bonds. The maximum atomic E-state index is 13.4. The summed E-state index contributed by atoms with van der Waals surface area (Å²) in [6.45, 7) is 8.44. The van der Waals surface area contributed by atoms with E-state index in [1.165, 1.54) is 6.08 Å². The van der Waals surface area contributed by atoms with Crippen LogP contribution in [-0.4, -0.2) is 17.1 Å². The number of alkyl halides is 3. The second kappa shape index (κ2) is 7.35. The summed E-state index contributed by atoms with van der Waals surface area (Å²) in [5.74, 6) is -0.928. The van der Waals surface area contributed by atoms with Crippen molar-refractivity contribution in [3.05, 3.63) is 60.7 Å². The molecule has 6 heteroatoms. The maximum absolute atomic E-state index is 13.4. The van der Waals surface area contributed by atoms with Gasteiger partial charge in [0, 0.05) is 0 Å². The quantitative estimate of drug-likeness (QED) is 0.454. The van der Waals surface area contributed by atoms with Gasteiger partial charge in [-0.3, -0.25) is 4.79 Å². The third kappa shape index (κ3) is 4.81. The summed E-state index contributed by atoms with van der Waals surface area (Å²) in [5, 5.41) is 1.63. The van der Waals surface area contributed by atoms with E-state index in [-0.39, 0.29) is 23.7 Å². The van der Waals surface area contributed by atoms with E-state index in [1.54, 1.807) is 51.1 Å². The Morgan fingerprint density at radius 2 is 1.73 bits per heavy atom. The van der Waals surface area contributed by atoms with Crippen LogP contribution in [0.15, 0.2) is 55.1 Å². The Bertz CT molecular complexity index is 809. The van der Waals surface area contributed by atoms with E-state index < -0.39 is 21.8 Å². The maximum Gasteiger partial charge on any atom is 0.443 e. The Hall–Kier alpha value is -1.95. The van der Waals surface area contributed by atoms with Crippen molar-refractivity contribution in [3.8, 4) is 0 Å². The number of rotatable bonds is 5. The Morgan fingerprint density at radius 3 is 2.27 bits per heavy atom. The molecule has 0 aliphatic rings. The average Bonchev–Trinajstić information content (AvgIpc) is 2.51. The number of benzene rings is 2. The number of ether oxygens (including phenoxy) is 1. The van der Waals surface area contributed by atoms with Crippen molar-refractivity contribution in [2.24, 2.45) is 0 Å². The molecule has 0 saturated carbocycles. The standard InChI is InChI=1S/C20H21F3O2S/c1-5-12-19(26-20(21,22)23,17(24)25-18(2,3)4)16-11-10-14-8-6-7-9-15(14)13-16/h5-11,13H,1,12H2,2-4H3. The lowest BCUT2D eigenvalue weighted by Crippen LogP contribution is -2.40. The van der Waals surface area contributed by atoms with Gasteiger partial charge in [0.1, 0.15) is 10.3 Å². The van der Waals surface area contributed by atoms with Gasteiger partial charge >= 0.3 is 11.5 Å². The first-order valence-corrected chi connectivity index (χ1v) is 8.89. The van der Waals surface area contributed by atoms with Crippen LogP contribution in [0.25, 0.3) is 10.8 Å². The van der Waals surface area contributed by atoms with Crippen LogP contribution in [0.4, 0.5) is 13.2 Å². The van der Waals surface area contributed by atoms with Crippen LogP contribution in [-0.2, 0) is 14.3 Å². The van der Waals surface area contributed by atoms with E-state index in [0.717, 1.165) is 10.8 Å². The van der Waals surface area contributed by atoms with E-state index >= 15 is 0 Å². The van der Waals surface area contributed by atoms with E-state index in [4.69, 9.17) is 4.74 Å². The molecular formula is C20H21F3O2S. The fraction of sp³-hybridized carbons (Fsp3) is 0.350.